The van der Waals surface area contributed by atoms with E-state index in [1.54, 1.807) is 13.0 Å². The van der Waals surface area contributed by atoms with Crippen LogP contribution in [0.25, 0.3) is 0 Å². The van der Waals surface area contributed by atoms with Crippen molar-refractivity contribution in [2.45, 2.75) is 13.3 Å². The summed E-state index contributed by atoms with van der Waals surface area (Å²) in [6.45, 7) is 1.84. The number of primary amides is 1. The van der Waals surface area contributed by atoms with Gasteiger partial charge in [-0.1, -0.05) is 0 Å². The SMILES string of the molecule is Cc1ccoc1C(=O)N(CCC(N)=O)c1ccc(F)cc1. The number of carbonyl (C=O) groups is 2. The van der Waals surface area contributed by atoms with E-state index in [1.807, 2.05) is 0 Å². The van der Waals surface area contributed by atoms with Gasteiger partial charge in [0.1, 0.15) is 5.82 Å². The van der Waals surface area contributed by atoms with Crippen LogP contribution in [0.3, 0.4) is 0 Å². The number of amides is 2. The van der Waals surface area contributed by atoms with Gasteiger partial charge in [-0.25, -0.2) is 4.39 Å². The van der Waals surface area contributed by atoms with Crippen LogP contribution in [0.2, 0.25) is 0 Å². The zero-order valence-electron chi connectivity index (χ0n) is 11.5. The van der Waals surface area contributed by atoms with Gasteiger partial charge in [0.2, 0.25) is 5.91 Å². The predicted molar refractivity (Wildman–Crippen MR) is 75.3 cm³/mol. The molecule has 0 aliphatic carbocycles. The lowest BCUT2D eigenvalue weighted by atomic mass is 10.2. The molecule has 2 aromatic rings. The standard InChI is InChI=1S/C15H15FN2O3/c1-10-7-9-21-14(10)15(20)18(8-6-13(17)19)12-4-2-11(16)3-5-12/h2-5,7,9H,6,8H2,1H3,(H2,17,19). The third-order valence-electron chi connectivity index (χ3n) is 3.02. The van der Waals surface area contributed by atoms with E-state index in [0.717, 1.165) is 0 Å². The first-order chi connectivity index (χ1) is 9.99. The second-order valence-electron chi connectivity index (χ2n) is 4.58. The Labute approximate surface area is 121 Å². The number of carbonyl (C=O) groups excluding carboxylic acids is 2. The molecular formula is C15H15FN2O3. The molecule has 0 bridgehead atoms. The molecule has 5 nitrogen and oxygen atoms in total. The van der Waals surface area contributed by atoms with E-state index < -0.39 is 17.6 Å². The number of rotatable bonds is 5. The molecule has 0 aliphatic rings. The Balaban J connectivity index is 2.31. The molecule has 0 aliphatic heterocycles. The third-order valence-corrected chi connectivity index (χ3v) is 3.02. The summed E-state index contributed by atoms with van der Waals surface area (Å²) in [5, 5.41) is 0. The molecule has 1 aromatic carbocycles. The van der Waals surface area contributed by atoms with Crippen LogP contribution in [0.5, 0.6) is 0 Å². The number of halogens is 1. The molecule has 2 rings (SSSR count). The molecule has 0 saturated heterocycles. The van der Waals surface area contributed by atoms with Gasteiger partial charge in [0.25, 0.3) is 5.91 Å². The first-order valence-electron chi connectivity index (χ1n) is 6.39. The van der Waals surface area contributed by atoms with Crippen molar-refractivity contribution in [3.63, 3.8) is 0 Å². The number of nitrogens with zero attached hydrogens (tertiary/aromatic N) is 1. The third kappa shape index (κ3) is 3.47. The number of anilines is 1. The van der Waals surface area contributed by atoms with E-state index in [0.29, 0.717) is 11.3 Å². The van der Waals surface area contributed by atoms with E-state index in [9.17, 15) is 14.0 Å². The highest BCUT2D eigenvalue weighted by Gasteiger charge is 2.22. The van der Waals surface area contributed by atoms with E-state index in [4.69, 9.17) is 10.2 Å². The van der Waals surface area contributed by atoms with Crippen molar-refractivity contribution >= 4 is 17.5 Å². The normalized spacial score (nSPS) is 10.4. The molecule has 2 amide bonds. The van der Waals surface area contributed by atoms with Crippen molar-refractivity contribution in [1.29, 1.82) is 0 Å². The molecule has 1 aromatic heterocycles. The average Bonchev–Trinajstić information content (AvgIpc) is 2.86. The molecule has 21 heavy (non-hydrogen) atoms. The number of benzene rings is 1. The van der Waals surface area contributed by atoms with E-state index >= 15 is 0 Å². The Morgan fingerprint density at radius 2 is 1.90 bits per heavy atom. The van der Waals surface area contributed by atoms with Crippen molar-refractivity contribution in [1.82, 2.24) is 0 Å². The fourth-order valence-corrected chi connectivity index (χ4v) is 1.91. The van der Waals surface area contributed by atoms with Crippen LogP contribution in [0.15, 0.2) is 41.0 Å². The Hall–Kier alpha value is -2.63. The van der Waals surface area contributed by atoms with Gasteiger partial charge < -0.3 is 15.1 Å². The minimum absolute atomic E-state index is 0.00285. The van der Waals surface area contributed by atoms with Gasteiger partial charge in [-0.2, -0.15) is 0 Å². The molecule has 0 radical (unpaired) electrons. The average molecular weight is 290 g/mol. The first-order valence-corrected chi connectivity index (χ1v) is 6.39. The van der Waals surface area contributed by atoms with Crippen LogP contribution in [-0.4, -0.2) is 18.4 Å². The van der Waals surface area contributed by atoms with Gasteiger partial charge in [-0.3, -0.25) is 9.59 Å². The molecule has 0 atom stereocenters. The largest absolute Gasteiger partial charge is 0.459 e. The van der Waals surface area contributed by atoms with Gasteiger partial charge in [0.05, 0.1) is 6.26 Å². The highest BCUT2D eigenvalue weighted by atomic mass is 19.1. The van der Waals surface area contributed by atoms with Crippen LogP contribution < -0.4 is 10.6 Å². The summed E-state index contributed by atoms with van der Waals surface area (Å²) in [4.78, 5) is 24.8. The quantitative estimate of drug-likeness (QED) is 0.917. The lowest BCUT2D eigenvalue weighted by molar-refractivity contribution is -0.117. The van der Waals surface area contributed by atoms with E-state index in [1.165, 1.54) is 35.4 Å². The number of hydrogen-bond acceptors (Lipinski definition) is 3. The maximum absolute atomic E-state index is 13.0. The second-order valence-corrected chi connectivity index (χ2v) is 4.58. The summed E-state index contributed by atoms with van der Waals surface area (Å²) in [7, 11) is 0. The van der Waals surface area contributed by atoms with Crippen molar-refractivity contribution in [2.24, 2.45) is 5.73 Å². The van der Waals surface area contributed by atoms with Gasteiger partial charge in [0.15, 0.2) is 5.76 Å². The molecule has 1 heterocycles. The predicted octanol–water partition coefficient (Wildman–Crippen LogP) is 2.25. The summed E-state index contributed by atoms with van der Waals surface area (Å²) in [5.41, 5.74) is 6.29. The van der Waals surface area contributed by atoms with E-state index in [2.05, 4.69) is 0 Å². The molecule has 2 N–H and O–H groups in total. The first kappa shape index (κ1) is 14.8. The van der Waals surface area contributed by atoms with E-state index in [-0.39, 0.29) is 18.7 Å². The highest BCUT2D eigenvalue weighted by Crippen LogP contribution is 2.20. The van der Waals surface area contributed by atoms with Crippen LogP contribution in [0, 0.1) is 12.7 Å². The molecule has 0 saturated carbocycles. The van der Waals surface area contributed by atoms with Crippen LogP contribution in [0.1, 0.15) is 22.5 Å². The summed E-state index contributed by atoms with van der Waals surface area (Å²) >= 11 is 0. The summed E-state index contributed by atoms with van der Waals surface area (Å²) in [5.74, 6) is -1.14. The Bertz CT molecular complexity index is 649. The number of hydrogen-bond donors (Lipinski definition) is 1. The molecular weight excluding hydrogens is 275 g/mol. The van der Waals surface area contributed by atoms with Crippen LogP contribution in [-0.2, 0) is 4.79 Å². The topological polar surface area (TPSA) is 76.5 Å². The second kappa shape index (κ2) is 6.21. The summed E-state index contributed by atoms with van der Waals surface area (Å²) in [6, 6.07) is 7.09. The number of aryl methyl sites for hydroxylation is 1. The van der Waals surface area contributed by atoms with Crippen molar-refractivity contribution in [3.8, 4) is 0 Å². The molecule has 0 fully saturated rings. The zero-order valence-corrected chi connectivity index (χ0v) is 11.5. The van der Waals surface area contributed by atoms with Crippen molar-refractivity contribution < 1.29 is 18.4 Å². The van der Waals surface area contributed by atoms with Gasteiger partial charge in [0, 0.05) is 24.2 Å². The fourth-order valence-electron chi connectivity index (χ4n) is 1.91. The van der Waals surface area contributed by atoms with Crippen LogP contribution >= 0.6 is 0 Å². The molecule has 6 heteroatoms. The minimum Gasteiger partial charge on any atom is -0.459 e. The number of nitrogens with two attached hydrogens (primary N) is 1. The maximum Gasteiger partial charge on any atom is 0.294 e. The Morgan fingerprint density at radius 1 is 1.24 bits per heavy atom. The monoisotopic (exact) mass is 290 g/mol. The lowest BCUT2D eigenvalue weighted by Crippen LogP contribution is -2.34. The molecule has 0 unspecified atom stereocenters. The smallest absolute Gasteiger partial charge is 0.294 e. The Morgan fingerprint density at radius 3 is 2.43 bits per heavy atom. The number of furan rings is 1. The maximum atomic E-state index is 13.0. The van der Waals surface area contributed by atoms with Crippen LogP contribution in [0.4, 0.5) is 10.1 Å². The Kier molecular flexibility index (Phi) is 4.37. The van der Waals surface area contributed by atoms with Crippen molar-refractivity contribution in [3.05, 3.63) is 53.7 Å². The minimum atomic E-state index is -0.522. The van der Waals surface area contributed by atoms with Gasteiger partial charge >= 0.3 is 0 Å². The summed E-state index contributed by atoms with van der Waals surface area (Å²) in [6.07, 6.45) is 1.42. The molecule has 110 valence electrons. The van der Waals surface area contributed by atoms with Gasteiger partial charge in [-0.05, 0) is 37.3 Å². The van der Waals surface area contributed by atoms with Crippen molar-refractivity contribution in [2.75, 3.05) is 11.4 Å². The molecule has 0 spiro atoms. The fraction of sp³-hybridized carbons (Fsp3) is 0.200. The lowest BCUT2D eigenvalue weighted by Gasteiger charge is -2.21. The highest BCUT2D eigenvalue weighted by molar-refractivity contribution is 6.05. The summed E-state index contributed by atoms with van der Waals surface area (Å²) < 4.78 is 18.2. The van der Waals surface area contributed by atoms with Gasteiger partial charge in [-0.15, -0.1) is 0 Å². The zero-order chi connectivity index (χ0) is 15.4.